The van der Waals surface area contributed by atoms with Crippen LogP contribution in [0.1, 0.15) is 29.1 Å². The van der Waals surface area contributed by atoms with E-state index in [-0.39, 0.29) is 18.1 Å². The first-order valence-corrected chi connectivity index (χ1v) is 7.52. The molecule has 8 nitrogen and oxygen atoms in total. The van der Waals surface area contributed by atoms with Crippen LogP contribution in [0.4, 0.5) is 5.95 Å². The Kier molecular flexibility index (Phi) is 4.24. The molecule has 0 aliphatic carbocycles. The quantitative estimate of drug-likeness (QED) is 0.847. The molecule has 0 bridgehead atoms. The number of aliphatic hydroxyl groups is 1. The fraction of sp³-hybridized carbons (Fsp3) is 0.467. The number of carbonyl (C=O) groups is 1. The minimum Gasteiger partial charge on any atom is -0.386 e. The standard InChI is InChI=1S/C15H19N5O3/c1-11-8-12(19-23-11)13(21)18-9-15(22)4-2-7-20(10-15)14-16-5-3-6-17-14/h3,5-6,8,22H,2,4,7,9-10H2,1H3,(H,18,21)/t15-/m0/s1. The van der Waals surface area contributed by atoms with Gasteiger partial charge in [-0.15, -0.1) is 0 Å². The molecule has 1 aliphatic rings. The van der Waals surface area contributed by atoms with Crippen LogP contribution in [0.5, 0.6) is 0 Å². The lowest BCUT2D eigenvalue weighted by Crippen LogP contribution is -2.54. The molecule has 3 heterocycles. The number of β-amino-alcohol motifs (C(OH)–C–C–N with tert-alkyl or cyclic N) is 1. The Labute approximate surface area is 133 Å². The second kappa shape index (κ2) is 6.33. The molecule has 2 aromatic heterocycles. The highest BCUT2D eigenvalue weighted by molar-refractivity contribution is 5.92. The van der Waals surface area contributed by atoms with Crippen molar-refractivity contribution in [2.45, 2.75) is 25.4 Å². The summed E-state index contributed by atoms with van der Waals surface area (Å²) < 4.78 is 4.88. The monoisotopic (exact) mass is 317 g/mol. The second-order valence-corrected chi connectivity index (χ2v) is 5.80. The molecule has 0 saturated carbocycles. The van der Waals surface area contributed by atoms with Crippen LogP contribution in [-0.2, 0) is 0 Å². The number of rotatable bonds is 4. The maximum atomic E-state index is 12.0. The molecule has 1 fully saturated rings. The number of carbonyl (C=O) groups excluding carboxylic acids is 1. The van der Waals surface area contributed by atoms with Crippen molar-refractivity contribution in [2.75, 3.05) is 24.5 Å². The van der Waals surface area contributed by atoms with Crippen molar-refractivity contribution in [1.29, 1.82) is 0 Å². The Morgan fingerprint density at radius 2 is 2.26 bits per heavy atom. The van der Waals surface area contributed by atoms with E-state index in [1.54, 1.807) is 31.5 Å². The zero-order chi connectivity index (χ0) is 16.3. The van der Waals surface area contributed by atoms with Crippen molar-refractivity contribution in [2.24, 2.45) is 0 Å². The molecule has 0 aromatic carbocycles. The highest BCUT2D eigenvalue weighted by Crippen LogP contribution is 2.23. The normalized spacial score (nSPS) is 21.2. The van der Waals surface area contributed by atoms with Crippen LogP contribution in [0.15, 0.2) is 29.0 Å². The zero-order valence-electron chi connectivity index (χ0n) is 12.9. The fourth-order valence-corrected chi connectivity index (χ4v) is 2.69. The van der Waals surface area contributed by atoms with Crippen LogP contribution in [0.2, 0.25) is 0 Å². The lowest BCUT2D eigenvalue weighted by molar-refractivity contribution is 0.0251. The summed E-state index contributed by atoms with van der Waals surface area (Å²) >= 11 is 0. The predicted octanol–water partition coefficient (Wildman–Crippen LogP) is 0.534. The fourth-order valence-electron chi connectivity index (χ4n) is 2.69. The van der Waals surface area contributed by atoms with Crippen molar-refractivity contribution in [3.05, 3.63) is 36.0 Å². The first-order valence-electron chi connectivity index (χ1n) is 7.52. The number of hydrogen-bond donors (Lipinski definition) is 2. The molecular formula is C15H19N5O3. The highest BCUT2D eigenvalue weighted by atomic mass is 16.5. The average Bonchev–Trinajstić information content (AvgIpc) is 3.00. The van der Waals surface area contributed by atoms with E-state index in [0.717, 1.165) is 13.0 Å². The number of amides is 1. The minimum absolute atomic E-state index is 0.140. The van der Waals surface area contributed by atoms with Gasteiger partial charge in [-0.25, -0.2) is 9.97 Å². The SMILES string of the molecule is Cc1cc(C(=O)NC[C@@]2(O)CCCN(c3ncccn3)C2)no1. The Morgan fingerprint density at radius 3 is 2.96 bits per heavy atom. The molecule has 8 heteroatoms. The lowest BCUT2D eigenvalue weighted by Gasteiger charge is -2.39. The highest BCUT2D eigenvalue weighted by Gasteiger charge is 2.34. The Morgan fingerprint density at radius 1 is 1.48 bits per heavy atom. The van der Waals surface area contributed by atoms with Gasteiger partial charge in [0.25, 0.3) is 5.91 Å². The first kappa shape index (κ1) is 15.4. The minimum atomic E-state index is -1.02. The smallest absolute Gasteiger partial charge is 0.273 e. The number of nitrogens with zero attached hydrogens (tertiary/aromatic N) is 4. The third-order valence-corrected chi connectivity index (χ3v) is 3.83. The maximum absolute atomic E-state index is 12.0. The molecule has 23 heavy (non-hydrogen) atoms. The van der Waals surface area contributed by atoms with Gasteiger partial charge in [0.1, 0.15) is 5.76 Å². The molecular weight excluding hydrogens is 298 g/mol. The van der Waals surface area contributed by atoms with E-state index >= 15 is 0 Å². The number of piperidine rings is 1. The van der Waals surface area contributed by atoms with E-state index in [9.17, 15) is 9.90 Å². The van der Waals surface area contributed by atoms with Gasteiger partial charge in [-0.1, -0.05) is 5.16 Å². The molecule has 0 spiro atoms. The molecule has 1 aliphatic heterocycles. The topological polar surface area (TPSA) is 104 Å². The van der Waals surface area contributed by atoms with Crippen molar-refractivity contribution < 1.29 is 14.4 Å². The van der Waals surface area contributed by atoms with E-state index in [4.69, 9.17) is 4.52 Å². The summed E-state index contributed by atoms with van der Waals surface area (Å²) in [6.07, 6.45) is 4.75. The summed E-state index contributed by atoms with van der Waals surface area (Å²) in [5.41, 5.74) is -0.809. The van der Waals surface area contributed by atoms with Gasteiger partial charge in [0.2, 0.25) is 5.95 Å². The number of aromatic nitrogens is 3. The summed E-state index contributed by atoms with van der Waals surface area (Å²) in [4.78, 5) is 22.4. The molecule has 2 N–H and O–H groups in total. The van der Waals surface area contributed by atoms with Gasteiger partial charge in [-0.05, 0) is 25.8 Å². The third kappa shape index (κ3) is 3.65. The second-order valence-electron chi connectivity index (χ2n) is 5.80. The van der Waals surface area contributed by atoms with Gasteiger partial charge >= 0.3 is 0 Å². The maximum Gasteiger partial charge on any atom is 0.273 e. The molecule has 122 valence electrons. The summed E-state index contributed by atoms with van der Waals surface area (Å²) in [7, 11) is 0. The lowest BCUT2D eigenvalue weighted by atomic mass is 9.93. The van der Waals surface area contributed by atoms with Crippen molar-refractivity contribution in [3.63, 3.8) is 0 Å². The van der Waals surface area contributed by atoms with Gasteiger partial charge in [0.05, 0.1) is 12.1 Å². The summed E-state index contributed by atoms with van der Waals surface area (Å²) in [5.74, 6) is 0.798. The molecule has 2 aromatic rings. The van der Waals surface area contributed by atoms with E-state index in [1.807, 2.05) is 4.90 Å². The molecule has 0 radical (unpaired) electrons. The van der Waals surface area contributed by atoms with Gasteiger partial charge in [-0.2, -0.15) is 0 Å². The molecule has 1 amide bonds. The predicted molar refractivity (Wildman–Crippen MR) is 82.0 cm³/mol. The van der Waals surface area contributed by atoms with E-state index in [0.29, 0.717) is 24.7 Å². The molecule has 1 saturated heterocycles. The number of hydrogen-bond acceptors (Lipinski definition) is 7. The van der Waals surface area contributed by atoms with Crippen LogP contribution < -0.4 is 10.2 Å². The third-order valence-electron chi connectivity index (χ3n) is 3.83. The average molecular weight is 317 g/mol. The van der Waals surface area contributed by atoms with Crippen LogP contribution in [0.25, 0.3) is 0 Å². The Bertz CT molecular complexity index is 675. The van der Waals surface area contributed by atoms with Crippen LogP contribution >= 0.6 is 0 Å². The first-order chi connectivity index (χ1) is 11.1. The Hall–Kier alpha value is -2.48. The van der Waals surface area contributed by atoms with E-state index in [1.165, 1.54) is 0 Å². The van der Waals surface area contributed by atoms with Crippen molar-refractivity contribution in [1.82, 2.24) is 20.4 Å². The summed E-state index contributed by atoms with van der Waals surface area (Å²) in [5, 5.41) is 17.1. The molecule has 3 rings (SSSR count). The van der Waals surface area contributed by atoms with E-state index < -0.39 is 5.60 Å². The van der Waals surface area contributed by atoms with Crippen molar-refractivity contribution >= 4 is 11.9 Å². The summed E-state index contributed by atoms with van der Waals surface area (Å²) in [6.45, 7) is 3.01. The Balaban J connectivity index is 1.61. The van der Waals surface area contributed by atoms with Crippen molar-refractivity contribution in [3.8, 4) is 0 Å². The van der Waals surface area contributed by atoms with Gasteiger partial charge in [-0.3, -0.25) is 4.79 Å². The largest absolute Gasteiger partial charge is 0.386 e. The number of nitrogens with one attached hydrogen (secondary N) is 1. The molecule has 0 unspecified atom stereocenters. The van der Waals surface area contributed by atoms with E-state index in [2.05, 4.69) is 20.4 Å². The van der Waals surface area contributed by atoms with Gasteiger partial charge in [0.15, 0.2) is 5.69 Å². The molecule has 1 atom stereocenters. The van der Waals surface area contributed by atoms with Crippen LogP contribution in [0, 0.1) is 6.92 Å². The van der Waals surface area contributed by atoms with Crippen LogP contribution in [-0.4, -0.2) is 51.4 Å². The van der Waals surface area contributed by atoms with Gasteiger partial charge in [0, 0.05) is 31.5 Å². The van der Waals surface area contributed by atoms with Crippen LogP contribution in [0.3, 0.4) is 0 Å². The summed E-state index contributed by atoms with van der Waals surface area (Å²) in [6, 6.07) is 3.31. The van der Waals surface area contributed by atoms with Gasteiger partial charge < -0.3 is 19.8 Å². The number of aryl methyl sites for hydroxylation is 1. The zero-order valence-corrected chi connectivity index (χ0v) is 12.9. The number of anilines is 1.